The zero-order valence-electron chi connectivity index (χ0n) is 18.6. The smallest absolute Gasteiger partial charge is 0.302 e. The molecular formula is C28H28O4. The highest BCUT2D eigenvalue weighted by molar-refractivity contribution is 5.84. The molecule has 0 aromatic heterocycles. The summed E-state index contributed by atoms with van der Waals surface area (Å²) in [5.74, 6) is -0.0123. The van der Waals surface area contributed by atoms with E-state index in [-0.39, 0.29) is 24.1 Å². The van der Waals surface area contributed by atoms with Gasteiger partial charge in [0, 0.05) is 32.6 Å². The molecule has 3 rings (SSSR count). The number of carbonyl (C=O) groups is 3. The maximum absolute atomic E-state index is 12.4. The van der Waals surface area contributed by atoms with Gasteiger partial charge in [-0.1, -0.05) is 78.4 Å². The first-order valence-corrected chi connectivity index (χ1v) is 10.8. The second-order valence-corrected chi connectivity index (χ2v) is 8.18. The summed E-state index contributed by atoms with van der Waals surface area (Å²) in [6.45, 7) is 3.65. The van der Waals surface area contributed by atoms with E-state index in [9.17, 15) is 14.4 Å². The van der Waals surface area contributed by atoms with E-state index in [1.165, 1.54) is 12.5 Å². The Kier molecular flexibility index (Phi) is 8.09. The molecule has 4 heteroatoms. The van der Waals surface area contributed by atoms with E-state index in [1.54, 1.807) is 0 Å². The van der Waals surface area contributed by atoms with E-state index in [2.05, 4.69) is 0 Å². The van der Waals surface area contributed by atoms with Crippen LogP contribution in [0, 0.1) is 6.92 Å². The van der Waals surface area contributed by atoms with E-state index in [0.29, 0.717) is 25.7 Å². The molecule has 0 atom stereocenters. The van der Waals surface area contributed by atoms with Gasteiger partial charge in [0.25, 0.3) is 0 Å². The second kappa shape index (κ2) is 11.2. The van der Waals surface area contributed by atoms with Crippen molar-refractivity contribution in [1.29, 1.82) is 0 Å². The molecular weight excluding hydrogens is 400 g/mol. The Hall–Kier alpha value is -3.53. The van der Waals surface area contributed by atoms with E-state index < -0.39 is 0 Å². The normalized spacial score (nSPS) is 10.6. The van der Waals surface area contributed by atoms with Crippen molar-refractivity contribution in [3.05, 3.63) is 106 Å². The van der Waals surface area contributed by atoms with Crippen molar-refractivity contribution >= 4 is 17.5 Å². The monoisotopic (exact) mass is 428 g/mol. The number of esters is 1. The maximum atomic E-state index is 12.4. The maximum Gasteiger partial charge on any atom is 0.302 e. The van der Waals surface area contributed by atoms with Crippen LogP contribution in [0.25, 0.3) is 0 Å². The Labute approximate surface area is 189 Å². The molecule has 32 heavy (non-hydrogen) atoms. The summed E-state index contributed by atoms with van der Waals surface area (Å²) in [6, 6.07) is 23.3. The predicted molar refractivity (Wildman–Crippen MR) is 124 cm³/mol. The third-order valence-electron chi connectivity index (χ3n) is 5.21. The topological polar surface area (TPSA) is 60.4 Å². The van der Waals surface area contributed by atoms with Gasteiger partial charge in [0.1, 0.15) is 18.2 Å². The summed E-state index contributed by atoms with van der Waals surface area (Å²) < 4.78 is 4.97. The number of hydrogen-bond donors (Lipinski definition) is 0. The molecule has 0 fully saturated rings. The zero-order chi connectivity index (χ0) is 22.9. The summed E-state index contributed by atoms with van der Waals surface area (Å²) >= 11 is 0. The van der Waals surface area contributed by atoms with Crippen molar-refractivity contribution in [2.75, 3.05) is 0 Å². The summed E-state index contributed by atoms with van der Waals surface area (Å²) in [5.41, 5.74) is 5.94. The van der Waals surface area contributed by atoms with Crippen LogP contribution >= 0.6 is 0 Å². The van der Waals surface area contributed by atoms with Crippen molar-refractivity contribution < 1.29 is 19.1 Å². The van der Waals surface area contributed by atoms with Crippen molar-refractivity contribution in [3.63, 3.8) is 0 Å². The number of rotatable bonds is 10. The Morgan fingerprint density at radius 3 is 1.22 bits per heavy atom. The number of Topliss-reactive ketones (excluding diaryl/α,β-unsaturated/α-hetero) is 2. The van der Waals surface area contributed by atoms with Crippen LogP contribution in [0.2, 0.25) is 0 Å². The molecule has 0 N–H and O–H groups in total. The lowest BCUT2D eigenvalue weighted by atomic mass is 9.98. The van der Waals surface area contributed by atoms with Crippen molar-refractivity contribution in [3.8, 4) is 0 Å². The molecule has 164 valence electrons. The van der Waals surface area contributed by atoms with Gasteiger partial charge in [-0.25, -0.2) is 0 Å². The summed E-state index contributed by atoms with van der Waals surface area (Å²) in [6.07, 6.45) is 1.53. The molecule has 3 aromatic carbocycles. The van der Waals surface area contributed by atoms with Gasteiger partial charge in [0.05, 0.1) is 0 Å². The molecule has 3 aromatic rings. The molecule has 0 saturated heterocycles. The van der Waals surface area contributed by atoms with Crippen LogP contribution in [0.15, 0.2) is 72.8 Å². The molecule has 4 nitrogen and oxygen atoms in total. The van der Waals surface area contributed by atoms with E-state index in [0.717, 1.165) is 27.8 Å². The minimum atomic E-state index is -0.314. The molecule has 0 bridgehead atoms. The van der Waals surface area contributed by atoms with Crippen LogP contribution in [0.3, 0.4) is 0 Å². The van der Waals surface area contributed by atoms with Gasteiger partial charge >= 0.3 is 5.97 Å². The lowest BCUT2D eigenvalue weighted by Gasteiger charge is -2.06. The van der Waals surface area contributed by atoms with E-state index in [4.69, 9.17) is 4.74 Å². The minimum Gasteiger partial charge on any atom is -0.461 e. The third-order valence-corrected chi connectivity index (χ3v) is 5.21. The van der Waals surface area contributed by atoms with Crippen molar-refractivity contribution in [1.82, 2.24) is 0 Å². The molecule has 0 aliphatic rings. The van der Waals surface area contributed by atoms with Gasteiger partial charge in [0.15, 0.2) is 0 Å². The highest BCUT2D eigenvalue weighted by Gasteiger charge is 2.08. The van der Waals surface area contributed by atoms with Gasteiger partial charge in [-0.05, 0) is 34.7 Å². The average molecular weight is 429 g/mol. The third kappa shape index (κ3) is 7.62. The standard InChI is InChI=1S/C28H28O4/c1-20-3-5-22(6-4-20)15-27(30)16-23-7-9-24(10-8-23)17-28(31)18-25-11-13-26(14-12-25)19-32-21(2)29/h3-14H,15-19H2,1-2H3. The highest BCUT2D eigenvalue weighted by atomic mass is 16.5. The summed E-state index contributed by atoms with van der Waals surface area (Å²) in [7, 11) is 0. The number of hydrogen-bond acceptors (Lipinski definition) is 4. The molecule has 0 amide bonds. The van der Waals surface area contributed by atoms with Gasteiger partial charge in [-0.15, -0.1) is 0 Å². The van der Waals surface area contributed by atoms with Gasteiger partial charge in [-0.3, -0.25) is 14.4 Å². The van der Waals surface area contributed by atoms with Crippen molar-refractivity contribution in [2.45, 2.75) is 46.1 Å². The fraction of sp³-hybridized carbons (Fsp3) is 0.250. The van der Waals surface area contributed by atoms with E-state index in [1.807, 2.05) is 79.7 Å². The average Bonchev–Trinajstić information content (AvgIpc) is 2.76. The molecule has 0 spiro atoms. The molecule has 0 heterocycles. The first-order chi connectivity index (χ1) is 15.4. The minimum absolute atomic E-state index is 0.126. The lowest BCUT2D eigenvalue weighted by Crippen LogP contribution is -2.08. The number of aryl methyl sites for hydroxylation is 1. The molecule has 0 radical (unpaired) electrons. The first-order valence-electron chi connectivity index (χ1n) is 10.8. The van der Waals surface area contributed by atoms with Crippen LogP contribution in [0.5, 0.6) is 0 Å². The number of ketones is 2. The van der Waals surface area contributed by atoms with Crippen LogP contribution < -0.4 is 0 Å². The predicted octanol–water partition coefficient (Wildman–Crippen LogP) is 4.77. The molecule has 0 aliphatic heterocycles. The largest absolute Gasteiger partial charge is 0.461 e. The Morgan fingerprint density at radius 1 is 0.562 bits per heavy atom. The van der Waals surface area contributed by atoms with Crippen LogP contribution in [0.4, 0.5) is 0 Å². The Balaban J connectivity index is 1.47. The van der Waals surface area contributed by atoms with Crippen LogP contribution in [0.1, 0.15) is 40.3 Å². The lowest BCUT2D eigenvalue weighted by molar-refractivity contribution is -0.142. The first kappa shape index (κ1) is 23.1. The quantitative estimate of drug-likeness (QED) is 0.437. The second-order valence-electron chi connectivity index (χ2n) is 8.18. The van der Waals surface area contributed by atoms with Crippen molar-refractivity contribution in [2.24, 2.45) is 0 Å². The number of benzene rings is 3. The SMILES string of the molecule is CC(=O)OCc1ccc(CC(=O)Cc2ccc(CC(=O)Cc3ccc(C)cc3)cc2)cc1. The Bertz CT molecular complexity index is 1060. The molecule has 0 unspecified atom stereocenters. The number of carbonyl (C=O) groups excluding carboxylic acids is 3. The summed E-state index contributed by atoms with van der Waals surface area (Å²) in [4.78, 5) is 35.7. The van der Waals surface area contributed by atoms with Gasteiger partial charge < -0.3 is 4.74 Å². The fourth-order valence-electron chi connectivity index (χ4n) is 3.45. The Morgan fingerprint density at radius 2 is 0.875 bits per heavy atom. The fourth-order valence-corrected chi connectivity index (χ4v) is 3.45. The zero-order valence-corrected chi connectivity index (χ0v) is 18.6. The van der Waals surface area contributed by atoms with Gasteiger partial charge in [0.2, 0.25) is 0 Å². The van der Waals surface area contributed by atoms with Gasteiger partial charge in [-0.2, -0.15) is 0 Å². The van der Waals surface area contributed by atoms with Crippen LogP contribution in [-0.4, -0.2) is 17.5 Å². The van der Waals surface area contributed by atoms with Crippen LogP contribution in [-0.2, 0) is 51.4 Å². The highest BCUT2D eigenvalue weighted by Crippen LogP contribution is 2.12. The summed E-state index contributed by atoms with van der Waals surface area (Å²) in [5, 5.41) is 0. The molecule has 0 saturated carbocycles. The molecule has 0 aliphatic carbocycles. The van der Waals surface area contributed by atoms with E-state index >= 15 is 0 Å². The number of ether oxygens (including phenoxy) is 1.